The molecule has 2 aromatic carbocycles. The lowest BCUT2D eigenvalue weighted by Crippen LogP contribution is -1.96. The van der Waals surface area contributed by atoms with Gasteiger partial charge in [-0.2, -0.15) is 0 Å². The van der Waals surface area contributed by atoms with Crippen LogP contribution >= 0.6 is 11.6 Å². The first kappa shape index (κ1) is 15.3. The molecule has 0 bridgehead atoms. The number of rotatable bonds is 4. The van der Waals surface area contributed by atoms with Gasteiger partial charge in [-0.25, -0.2) is 0 Å². The number of hydrogen-bond donors (Lipinski definition) is 1. The van der Waals surface area contributed by atoms with Crippen molar-refractivity contribution in [2.24, 2.45) is 0 Å². The number of benzene rings is 2. The molecule has 0 radical (unpaired) electrons. The molecule has 21 heavy (non-hydrogen) atoms. The third-order valence-corrected chi connectivity index (χ3v) is 3.64. The highest BCUT2D eigenvalue weighted by Crippen LogP contribution is 2.34. The Morgan fingerprint density at radius 1 is 1.24 bits per heavy atom. The smallest absolute Gasteiger partial charge is 0.311 e. The van der Waals surface area contributed by atoms with Crippen LogP contribution in [-0.2, 0) is 6.61 Å². The van der Waals surface area contributed by atoms with Crippen LogP contribution in [0.1, 0.15) is 16.7 Å². The van der Waals surface area contributed by atoms with Crippen molar-refractivity contribution in [3.63, 3.8) is 0 Å². The lowest BCUT2D eigenvalue weighted by atomic mass is 10.1. The summed E-state index contributed by atoms with van der Waals surface area (Å²) >= 11 is 6.08. The van der Waals surface area contributed by atoms with Gasteiger partial charge >= 0.3 is 5.69 Å². The van der Waals surface area contributed by atoms with E-state index in [0.717, 1.165) is 11.1 Å². The molecule has 0 atom stereocenters. The number of nitrogens with zero attached hydrogens (tertiary/aromatic N) is 1. The summed E-state index contributed by atoms with van der Waals surface area (Å²) in [6, 6.07) is 7.80. The van der Waals surface area contributed by atoms with Crippen LogP contribution in [0.3, 0.4) is 0 Å². The zero-order valence-electron chi connectivity index (χ0n) is 11.6. The largest absolute Gasteiger partial charge is 0.450 e. The predicted molar refractivity (Wildman–Crippen MR) is 80.0 cm³/mol. The maximum Gasteiger partial charge on any atom is 0.311 e. The van der Waals surface area contributed by atoms with E-state index in [1.165, 1.54) is 12.1 Å². The second-order valence-electron chi connectivity index (χ2n) is 4.69. The molecule has 0 aromatic heterocycles. The fourth-order valence-corrected chi connectivity index (χ4v) is 2.09. The van der Waals surface area contributed by atoms with E-state index in [-0.39, 0.29) is 18.0 Å². The summed E-state index contributed by atoms with van der Waals surface area (Å²) < 4.78 is 5.61. The van der Waals surface area contributed by atoms with Crippen molar-refractivity contribution in [2.75, 3.05) is 0 Å². The Hall–Kier alpha value is -2.11. The molecule has 1 N–H and O–H groups in total. The van der Waals surface area contributed by atoms with Crippen LogP contribution < -0.4 is 4.74 Å². The second kappa shape index (κ2) is 6.11. The first-order valence-corrected chi connectivity index (χ1v) is 6.63. The van der Waals surface area contributed by atoms with Crippen molar-refractivity contribution in [3.8, 4) is 11.5 Å². The summed E-state index contributed by atoms with van der Waals surface area (Å²) in [4.78, 5) is 10.6. The number of ether oxygens (including phenoxy) is 1. The summed E-state index contributed by atoms with van der Waals surface area (Å²) in [5, 5.41) is 20.8. The molecule has 110 valence electrons. The van der Waals surface area contributed by atoms with Gasteiger partial charge < -0.3 is 9.84 Å². The van der Waals surface area contributed by atoms with Gasteiger partial charge in [0.2, 0.25) is 5.75 Å². The maximum atomic E-state index is 11.1. The zero-order valence-corrected chi connectivity index (χ0v) is 12.3. The topological polar surface area (TPSA) is 72.6 Å². The van der Waals surface area contributed by atoms with E-state index in [9.17, 15) is 10.1 Å². The fourth-order valence-electron chi connectivity index (χ4n) is 1.98. The van der Waals surface area contributed by atoms with Gasteiger partial charge in [0.1, 0.15) is 5.75 Å². The SMILES string of the molecule is Cc1cc(Oc2ccc(CO)cc2[N+](=O)[O-])cc(C)c1Cl. The molecule has 0 heterocycles. The molecule has 5 nitrogen and oxygen atoms in total. The van der Waals surface area contributed by atoms with Crippen LogP contribution in [0.4, 0.5) is 5.69 Å². The maximum absolute atomic E-state index is 11.1. The van der Waals surface area contributed by atoms with Gasteiger partial charge in [0, 0.05) is 11.1 Å². The fraction of sp³-hybridized carbons (Fsp3) is 0.200. The number of nitro benzene ring substituents is 1. The normalized spacial score (nSPS) is 10.5. The minimum Gasteiger partial charge on any atom is -0.450 e. The molecule has 2 aromatic rings. The molecule has 0 aliphatic carbocycles. The van der Waals surface area contributed by atoms with Gasteiger partial charge in [-0.3, -0.25) is 10.1 Å². The first-order valence-electron chi connectivity index (χ1n) is 6.25. The molecule has 0 aliphatic rings. The number of aryl methyl sites for hydroxylation is 2. The van der Waals surface area contributed by atoms with E-state index in [1.807, 2.05) is 13.8 Å². The third kappa shape index (κ3) is 3.32. The highest BCUT2D eigenvalue weighted by Gasteiger charge is 2.17. The summed E-state index contributed by atoms with van der Waals surface area (Å²) in [5.41, 5.74) is 1.94. The van der Waals surface area contributed by atoms with Crippen LogP contribution in [0.2, 0.25) is 5.02 Å². The number of aliphatic hydroxyl groups is 1. The molecule has 2 rings (SSSR count). The van der Waals surface area contributed by atoms with E-state index in [0.29, 0.717) is 16.3 Å². The average molecular weight is 308 g/mol. The van der Waals surface area contributed by atoms with Gasteiger partial charge in [-0.05, 0) is 48.7 Å². The number of halogens is 1. The van der Waals surface area contributed by atoms with Crippen LogP contribution in [-0.4, -0.2) is 10.0 Å². The molecule has 6 heteroatoms. The van der Waals surface area contributed by atoms with Crippen LogP contribution in [0.25, 0.3) is 0 Å². The highest BCUT2D eigenvalue weighted by molar-refractivity contribution is 6.32. The quantitative estimate of drug-likeness (QED) is 0.680. The van der Waals surface area contributed by atoms with E-state index in [2.05, 4.69) is 0 Å². The van der Waals surface area contributed by atoms with Gasteiger partial charge in [0.15, 0.2) is 0 Å². The summed E-state index contributed by atoms with van der Waals surface area (Å²) in [7, 11) is 0. The van der Waals surface area contributed by atoms with Crippen molar-refractivity contribution < 1.29 is 14.8 Å². The Bertz CT molecular complexity index is 677. The molecule has 0 spiro atoms. The van der Waals surface area contributed by atoms with Gasteiger partial charge in [0.25, 0.3) is 0 Å². The number of aliphatic hydroxyl groups excluding tert-OH is 1. The summed E-state index contributed by atoms with van der Waals surface area (Å²) in [6.07, 6.45) is 0. The first-order chi connectivity index (χ1) is 9.92. The molecule has 0 saturated carbocycles. The predicted octanol–water partition coefficient (Wildman–Crippen LogP) is 4.15. The Labute approximate surface area is 126 Å². The van der Waals surface area contributed by atoms with E-state index < -0.39 is 4.92 Å². The van der Waals surface area contributed by atoms with Crippen molar-refractivity contribution in [2.45, 2.75) is 20.5 Å². The Morgan fingerprint density at radius 2 is 1.86 bits per heavy atom. The van der Waals surface area contributed by atoms with Crippen molar-refractivity contribution in [3.05, 3.63) is 62.2 Å². The standard InChI is InChI=1S/C15H14ClNO4/c1-9-5-12(6-10(2)15(9)16)21-14-4-3-11(8-18)7-13(14)17(19)20/h3-7,18H,8H2,1-2H3. The minimum absolute atomic E-state index is 0.123. The molecular weight excluding hydrogens is 294 g/mol. The molecule has 0 unspecified atom stereocenters. The molecule has 0 aliphatic heterocycles. The Balaban J connectivity index is 2.42. The summed E-state index contributed by atoms with van der Waals surface area (Å²) in [5.74, 6) is 0.604. The number of nitro groups is 1. The van der Waals surface area contributed by atoms with Crippen molar-refractivity contribution >= 4 is 17.3 Å². The lowest BCUT2D eigenvalue weighted by Gasteiger charge is -2.10. The van der Waals surface area contributed by atoms with Crippen molar-refractivity contribution in [1.29, 1.82) is 0 Å². The molecular formula is C15H14ClNO4. The average Bonchev–Trinajstić information content (AvgIpc) is 2.44. The van der Waals surface area contributed by atoms with Crippen molar-refractivity contribution in [1.82, 2.24) is 0 Å². The number of hydrogen-bond acceptors (Lipinski definition) is 4. The van der Waals surface area contributed by atoms with Crippen LogP contribution in [0.5, 0.6) is 11.5 Å². The van der Waals surface area contributed by atoms with Gasteiger partial charge in [-0.15, -0.1) is 0 Å². The minimum atomic E-state index is -0.538. The lowest BCUT2D eigenvalue weighted by molar-refractivity contribution is -0.385. The molecule has 0 fully saturated rings. The van der Waals surface area contributed by atoms with E-state index >= 15 is 0 Å². The Kier molecular flexibility index (Phi) is 4.45. The van der Waals surface area contributed by atoms with Crippen LogP contribution in [0, 0.1) is 24.0 Å². The zero-order chi connectivity index (χ0) is 15.6. The highest BCUT2D eigenvalue weighted by atomic mass is 35.5. The molecule has 0 amide bonds. The van der Waals surface area contributed by atoms with Gasteiger partial charge in [0.05, 0.1) is 11.5 Å². The second-order valence-corrected chi connectivity index (χ2v) is 5.07. The van der Waals surface area contributed by atoms with Crippen LogP contribution in [0.15, 0.2) is 30.3 Å². The monoisotopic (exact) mass is 307 g/mol. The van der Waals surface area contributed by atoms with E-state index in [4.69, 9.17) is 21.4 Å². The Morgan fingerprint density at radius 3 is 2.38 bits per heavy atom. The summed E-state index contributed by atoms with van der Waals surface area (Å²) in [6.45, 7) is 3.41. The van der Waals surface area contributed by atoms with Gasteiger partial charge in [-0.1, -0.05) is 17.7 Å². The van der Waals surface area contributed by atoms with E-state index in [1.54, 1.807) is 18.2 Å². The molecule has 0 saturated heterocycles. The third-order valence-electron chi connectivity index (χ3n) is 3.04.